The summed E-state index contributed by atoms with van der Waals surface area (Å²) in [6.07, 6.45) is 5.13. The lowest BCUT2D eigenvalue weighted by Crippen LogP contribution is -2.45. The lowest BCUT2D eigenvalue weighted by molar-refractivity contribution is 0.132. The molecule has 0 atom stereocenters. The van der Waals surface area contributed by atoms with Gasteiger partial charge in [-0.25, -0.2) is 0 Å². The molecule has 4 nitrogen and oxygen atoms in total. The van der Waals surface area contributed by atoms with Crippen LogP contribution in [0.3, 0.4) is 0 Å². The highest BCUT2D eigenvalue weighted by atomic mass is 15.2. The van der Waals surface area contributed by atoms with E-state index >= 15 is 0 Å². The third kappa shape index (κ3) is 5.38. The van der Waals surface area contributed by atoms with Gasteiger partial charge in [0.15, 0.2) is 0 Å². The molecule has 0 aliphatic carbocycles. The van der Waals surface area contributed by atoms with Gasteiger partial charge in [-0.05, 0) is 71.9 Å². The standard InChI is InChI=1S/C15H32N4/c1-17(2)13-14-3-7-18(8-4-14)11-12-19-9-5-15(16)6-10-19/h14-15H,3-13,16H2,1-2H3. The number of hydrogen-bond acceptors (Lipinski definition) is 4. The van der Waals surface area contributed by atoms with Gasteiger partial charge in [0.2, 0.25) is 0 Å². The van der Waals surface area contributed by atoms with Gasteiger partial charge in [0.05, 0.1) is 0 Å². The van der Waals surface area contributed by atoms with Crippen LogP contribution in [0.5, 0.6) is 0 Å². The molecular formula is C15H32N4. The van der Waals surface area contributed by atoms with Crippen molar-refractivity contribution >= 4 is 0 Å². The van der Waals surface area contributed by atoms with E-state index in [1.807, 2.05) is 0 Å². The van der Waals surface area contributed by atoms with Crippen LogP contribution in [0.25, 0.3) is 0 Å². The van der Waals surface area contributed by atoms with Crippen molar-refractivity contribution in [1.82, 2.24) is 14.7 Å². The van der Waals surface area contributed by atoms with Crippen molar-refractivity contribution in [1.29, 1.82) is 0 Å². The summed E-state index contributed by atoms with van der Waals surface area (Å²) in [5.74, 6) is 0.916. The van der Waals surface area contributed by atoms with E-state index in [1.165, 1.54) is 71.5 Å². The van der Waals surface area contributed by atoms with Gasteiger partial charge in [0.1, 0.15) is 0 Å². The van der Waals surface area contributed by atoms with Crippen LogP contribution >= 0.6 is 0 Å². The van der Waals surface area contributed by atoms with Crippen LogP contribution in [-0.4, -0.2) is 80.7 Å². The second kappa shape index (κ2) is 7.58. The van der Waals surface area contributed by atoms with Gasteiger partial charge in [-0.15, -0.1) is 0 Å². The molecule has 0 aromatic heterocycles. The molecule has 2 fully saturated rings. The second-order valence-electron chi connectivity index (χ2n) is 6.73. The molecule has 0 aromatic carbocycles. The molecule has 2 aliphatic heterocycles. The first kappa shape index (κ1) is 15.2. The van der Waals surface area contributed by atoms with Crippen LogP contribution in [0.1, 0.15) is 25.7 Å². The summed E-state index contributed by atoms with van der Waals surface area (Å²) < 4.78 is 0. The SMILES string of the molecule is CN(C)CC1CCN(CCN2CCC(N)CC2)CC1. The van der Waals surface area contributed by atoms with Gasteiger partial charge in [-0.1, -0.05) is 0 Å². The van der Waals surface area contributed by atoms with Crippen LogP contribution < -0.4 is 5.73 Å². The molecule has 0 saturated carbocycles. The molecule has 2 aliphatic rings. The van der Waals surface area contributed by atoms with Crippen molar-refractivity contribution < 1.29 is 0 Å². The van der Waals surface area contributed by atoms with Crippen molar-refractivity contribution in [2.75, 3.05) is 59.9 Å². The number of likely N-dealkylation sites (tertiary alicyclic amines) is 2. The zero-order chi connectivity index (χ0) is 13.7. The number of rotatable bonds is 5. The molecule has 0 spiro atoms. The minimum absolute atomic E-state index is 0.457. The molecule has 19 heavy (non-hydrogen) atoms. The summed E-state index contributed by atoms with van der Waals surface area (Å²) in [5, 5.41) is 0. The van der Waals surface area contributed by atoms with Crippen molar-refractivity contribution in [2.45, 2.75) is 31.7 Å². The maximum absolute atomic E-state index is 5.95. The number of nitrogens with two attached hydrogens (primary N) is 1. The maximum Gasteiger partial charge on any atom is 0.0109 e. The van der Waals surface area contributed by atoms with Crippen LogP contribution in [0.15, 0.2) is 0 Å². The van der Waals surface area contributed by atoms with E-state index < -0.39 is 0 Å². The summed E-state index contributed by atoms with van der Waals surface area (Å²) >= 11 is 0. The molecule has 2 saturated heterocycles. The average Bonchev–Trinajstić information content (AvgIpc) is 2.39. The highest BCUT2D eigenvalue weighted by molar-refractivity contribution is 4.77. The minimum atomic E-state index is 0.457. The van der Waals surface area contributed by atoms with Gasteiger partial charge in [0, 0.05) is 25.7 Å². The van der Waals surface area contributed by atoms with Gasteiger partial charge in [-0.3, -0.25) is 0 Å². The number of piperidine rings is 2. The van der Waals surface area contributed by atoms with Crippen LogP contribution in [0, 0.1) is 5.92 Å². The Morgan fingerprint density at radius 1 is 0.895 bits per heavy atom. The van der Waals surface area contributed by atoms with E-state index in [-0.39, 0.29) is 0 Å². The lowest BCUT2D eigenvalue weighted by atomic mass is 9.96. The predicted molar refractivity (Wildman–Crippen MR) is 81.4 cm³/mol. The van der Waals surface area contributed by atoms with E-state index in [9.17, 15) is 0 Å². The largest absolute Gasteiger partial charge is 0.328 e. The van der Waals surface area contributed by atoms with Crippen molar-refractivity contribution in [3.8, 4) is 0 Å². The van der Waals surface area contributed by atoms with Gasteiger partial charge in [-0.2, -0.15) is 0 Å². The first-order valence-electron chi connectivity index (χ1n) is 7.98. The third-order valence-corrected chi connectivity index (χ3v) is 4.70. The van der Waals surface area contributed by atoms with Crippen molar-refractivity contribution in [3.05, 3.63) is 0 Å². The lowest BCUT2D eigenvalue weighted by Gasteiger charge is -2.36. The van der Waals surface area contributed by atoms with Gasteiger partial charge < -0.3 is 20.4 Å². The minimum Gasteiger partial charge on any atom is -0.328 e. The Hall–Kier alpha value is -0.160. The summed E-state index contributed by atoms with van der Waals surface area (Å²) in [7, 11) is 4.38. The Kier molecular flexibility index (Phi) is 6.07. The van der Waals surface area contributed by atoms with E-state index in [0.717, 1.165) is 5.92 Å². The Labute approximate surface area is 118 Å². The molecule has 0 aromatic rings. The molecule has 2 rings (SSSR count). The molecule has 112 valence electrons. The van der Waals surface area contributed by atoms with Gasteiger partial charge >= 0.3 is 0 Å². The van der Waals surface area contributed by atoms with Crippen LogP contribution in [0.4, 0.5) is 0 Å². The van der Waals surface area contributed by atoms with E-state index in [0.29, 0.717) is 6.04 Å². The first-order valence-corrected chi connectivity index (χ1v) is 7.98. The molecule has 0 bridgehead atoms. The zero-order valence-corrected chi connectivity index (χ0v) is 12.9. The topological polar surface area (TPSA) is 35.7 Å². The predicted octanol–water partition coefficient (Wildman–Crippen LogP) is 0.683. The van der Waals surface area contributed by atoms with E-state index in [4.69, 9.17) is 5.73 Å². The Morgan fingerprint density at radius 3 is 1.84 bits per heavy atom. The fourth-order valence-electron chi connectivity index (χ4n) is 3.37. The summed E-state index contributed by atoms with van der Waals surface area (Å²) in [6.45, 7) is 8.76. The molecule has 0 radical (unpaired) electrons. The first-order chi connectivity index (χ1) is 9.13. The highest BCUT2D eigenvalue weighted by Gasteiger charge is 2.21. The smallest absolute Gasteiger partial charge is 0.0109 e. The third-order valence-electron chi connectivity index (χ3n) is 4.70. The molecule has 0 amide bonds. The van der Waals surface area contributed by atoms with Crippen LogP contribution in [-0.2, 0) is 0 Å². The fraction of sp³-hybridized carbons (Fsp3) is 1.00. The van der Waals surface area contributed by atoms with Crippen molar-refractivity contribution in [2.24, 2.45) is 11.7 Å². The second-order valence-corrected chi connectivity index (χ2v) is 6.73. The summed E-state index contributed by atoms with van der Waals surface area (Å²) in [5.41, 5.74) is 5.95. The Balaban J connectivity index is 1.58. The Morgan fingerprint density at radius 2 is 1.37 bits per heavy atom. The molecular weight excluding hydrogens is 236 g/mol. The van der Waals surface area contributed by atoms with E-state index in [2.05, 4.69) is 28.8 Å². The monoisotopic (exact) mass is 268 g/mol. The fourth-order valence-corrected chi connectivity index (χ4v) is 3.37. The molecule has 4 heteroatoms. The molecule has 2 N–H and O–H groups in total. The van der Waals surface area contributed by atoms with Crippen LogP contribution in [0.2, 0.25) is 0 Å². The average molecular weight is 268 g/mol. The number of hydrogen-bond donors (Lipinski definition) is 1. The van der Waals surface area contributed by atoms with E-state index in [1.54, 1.807) is 0 Å². The maximum atomic E-state index is 5.95. The van der Waals surface area contributed by atoms with Crippen molar-refractivity contribution in [3.63, 3.8) is 0 Å². The summed E-state index contributed by atoms with van der Waals surface area (Å²) in [4.78, 5) is 7.58. The highest BCUT2D eigenvalue weighted by Crippen LogP contribution is 2.17. The zero-order valence-electron chi connectivity index (χ0n) is 12.9. The number of nitrogens with zero attached hydrogens (tertiary/aromatic N) is 3. The summed E-state index contributed by atoms with van der Waals surface area (Å²) in [6, 6.07) is 0.457. The molecule has 0 unspecified atom stereocenters. The molecule has 2 heterocycles. The Bertz CT molecular complexity index is 241. The van der Waals surface area contributed by atoms with Gasteiger partial charge in [0.25, 0.3) is 0 Å². The quantitative estimate of drug-likeness (QED) is 0.795. The normalized spacial score (nSPS) is 25.3.